The number of pyridine rings is 1. The van der Waals surface area contributed by atoms with Gasteiger partial charge >= 0.3 is 0 Å². The van der Waals surface area contributed by atoms with Gasteiger partial charge in [-0.15, -0.1) is 0 Å². The van der Waals surface area contributed by atoms with Crippen LogP contribution in [-0.4, -0.2) is 0 Å². The monoisotopic (exact) mass is 270 g/mol. The van der Waals surface area contributed by atoms with Crippen LogP contribution >= 0.6 is 0 Å². The summed E-state index contributed by atoms with van der Waals surface area (Å²) in [5, 5.41) is 3.85. The van der Waals surface area contributed by atoms with Gasteiger partial charge in [-0.25, -0.2) is 4.57 Å². The van der Waals surface area contributed by atoms with Crippen molar-refractivity contribution in [2.24, 2.45) is 7.05 Å². The topological polar surface area (TPSA) is 3.88 Å². The van der Waals surface area contributed by atoms with Crippen molar-refractivity contribution in [3.05, 3.63) is 79.0 Å². The SMILES string of the molecule is C[n+]1cc(-c2cccc3ccccc23)cc2ccccc21. The van der Waals surface area contributed by atoms with E-state index in [9.17, 15) is 0 Å². The molecule has 4 rings (SSSR count). The number of hydrogen-bond donors (Lipinski definition) is 0. The number of benzene rings is 3. The van der Waals surface area contributed by atoms with E-state index in [4.69, 9.17) is 0 Å². The Hall–Kier alpha value is -2.67. The maximum Gasteiger partial charge on any atom is 0.212 e. The molecule has 1 nitrogen and oxygen atoms in total. The highest BCUT2D eigenvalue weighted by Crippen LogP contribution is 2.29. The third kappa shape index (κ3) is 1.98. The molecule has 0 atom stereocenters. The number of rotatable bonds is 1. The van der Waals surface area contributed by atoms with Crippen LogP contribution in [0.4, 0.5) is 0 Å². The minimum absolute atomic E-state index is 1.25. The van der Waals surface area contributed by atoms with E-state index < -0.39 is 0 Å². The molecule has 0 spiro atoms. The minimum Gasteiger partial charge on any atom is -0.200 e. The van der Waals surface area contributed by atoms with Crippen molar-refractivity contribution in [3.63, 3.8) is 0 Å². The van der Waals surface area contributed by atoms with E-state index in [2.05, 4.69) is 90.6 Å². The fourth-order valence-corrected chi connectivity index (χ4v) is 3.04. The molecule has 1 aromatic heterocycles. The summed E-state index contributed by atoms with van der Waals surface area (Å²) in [6, 6.07) is 25.8. The minimum atomic E-state index is 1.25. The van der Waals surface area contributed by atoms with Crippen molar-refractivity contribution >= 4 is 21.7 Å². The summed E-state index contributed by atoms with van der Waals surface area (Å²) in [5.41, 5.74) is 3.80. The van der Waals surface area contributed by atoms with Crippen LogP contribution in [0.5, 0.6) is 0 Å². The van der Waals surface area contributed by atoms with E-state index in [1.54, 1.807) is 0 Å². The van der Waals surface area contributed by atoms with Gasteiger partial charge in [0.25, 0.3) is 0 Å². The smallest absolute Gasteiger partial charge is 0.200 e. The molecule has 0 saturated heterocycles. The molecule has 0 radical (unpaired) electrons. The molecule has 0 fully saturated rings. The summed E-state index contributed by atoms with van der Waals surface area (Å²) < 4.78 is 2.20. The van der Waals surface area contributed by atoms with Gasteiger partial charge in [-0.3, -0.25) is 0 Å². The molecule has 1 heterocycles. The first-order valence-corrected chi connectivity index (χ1v) is 7.19. The largest absolute Gasteiger partial charge is 0.212 e. The second kappa shape index (κ2) is 4.71. The lowest BCUT2D eigenvalue weighted by atomic mass is 9.98. The van der Waals surface area contributed by atoms with Crippen LogP contribution in [-0.2, 0) is 7.05 Å². The molecule has 0 amide bonds. The first-order valence-electron chi connectivity index (χ1n) is 7.19. The number of nitrogens with zero attached hydrogens (tertiary/aromatic N) is 1. The molecule has 100 valence electrons. The molecular weight excluding hydrogens is 254 g/mol. The summed E-state index contributed by atoms with van der Waals surface area (Å²) >= 11 is 0. The van der Waals surface area contributed by atoms with Gasteiger partial charge in [-0.1, -0.05) is 54.6 Å². The van der Waals surface area contributed by atoms with Crippen molar-refractivity contribution in [1.82, 2.24) is 0 Å². The Kier molecular flexibility index (Phi) is 2.71. The predicted molar refractivity (Wildman–Crippen MR) is 88.1 cm³/mol. The van der Waals surface area contributed by atoms with Crippen LogP contribution in [0, 0.1) is 0 Å². The third-order valence-corrected chi connectivity index (χ3v) is 4.06. The number of para-hydroxylation sites is 1. The highest BCUT2D eigenvalue weighted by Gasteiger charge is 2.10. The molecule has 1 heteroatoms. The average Bonchev–Trinajstić information content (AvgIpc) is 2.54. The van der Waals surface area contributed by atoms with Crippen LogP contribution < -0.4 is 4.57 Å². The Morgan fingerprint density at radius 1 is 0.714 bits per heavy atom. The lowest BCUT2D eigenvalue weighted by Gasteiger charge is -2.07. The van der Waals surface area contributed by atoms with Gasteiger partial charge in [0, 0.05) is 17.0 Å². The van der Waals surface area contributed by atoms with E-state index in [1.165, 1.54) is 32.8 Å². The Morgan fingerprint density at radius 3 is 2.33 bits per heavy atom. The van der Waals surface area contributed by atoms with Gasteiger partial charge < -0.3 is 0 Å². The van der Waals surface area contributed by atoms with Crippen LogP contribution in [0.2, 0.25) is 0 Å². The van der Waals surface area contributed by atoms with E-state index in [0.29, 0.717) is 0 Å². The summed E-state index contributed by atoms with van der Waals surface area (Å²) in [6.07, 6.45) is 2.21. The fourth-order valence-electron chi connectivity index (χ4n) is 3.04. The average molecular weight is 270 g/mol. The predicted octanol–water partition coefficient (Wildman–Crippen LogP) is 4.48. The van der Waals surface area contributed by atoms with E-state index in [1.807, 2.05) is 0 Å². The maximum atomic E-state index is 2.27. The van der Waals surface area contributed by atoms with Crippen LogP contribution in [0.3, 0.4) is 0 Å². The zero-order chi connectivity index (χ0) is 14.2. The zero-order valence-corrected chi connectivity index (χ0v) is 12.0. The summed E-state index contributed by atoms with van der Waals surface area (Å²) in [5.74, 6) is 0. The maximum absolute atomic E-state index is 2.27. The molecule has 3 aromatic carbocycles. The normalized spacial score (nSPS) is 11.1. The number of hydrogen-bond acceptors (Lipinski definition) is 0. The highest BCUT2D eigenvalue weighted by atomic mass is 14.9. The molecule has 4 aromatic rings. The van der Waals surface area contributed by atoms with Crippen LogP contribution in [0.15, 0.2) is 79.0 Å². The molecule has 0 saturated carbocycles. The molecule has 21 heavy (non-hydrogen) atoms. The van der Waals surface area contributed by atoms with Crippen LogP contribution in [0.25, 0.3) is 32.8 Å². The Morgan fingerprint density at radius 2 is 1.43 bits per heavy atom. The van der Waals surface area contributed by atoms with E-state index in [0.717, 1.165) is 0 Å². The summed E-state index contributed by atoms with van der Waals surface area (Å²) in [7, 11) is 2.11. The number of aromatic nitrogens is 1. The molecule has 0 N–H and O–H groups in total. The van der Waals surface area contributed by atoms with Gasteiger partial charge in [0.1, 0.15) is 7.05 Å². The number of aryl methyl sites for hydroxylation is 1. The Labute approximate surface area is 124 Å². The lowest BCUT2D eigenvalue weighted by Crippen LogP contribution is -2.28. The first kappa shape index (κ1) is 12.1. The van der Waals surface area contributed by atoms with Crippen molar-refractivity contribution in [3.8, 4) is 11.1 Å². The first-order chi connectivity index (χ1) is 10.3. The molecule has 0 aliphatic carbocycles. The summed E-state index contributed by atoms with van der Waals surface area (Å²) in [6.45, 7) is 0. The number of fused-ring (bicyclic) bond motifs is 2. The van der Waals surface area contributed by atoms with Crippen LogP contribution in [0.1, 0.15) is 0 Å². The van der Waals surface area contributed by atoms with Crippen molar-refractivity contribution < 1.29 is 4.57 Å². The molecule has 0 aliphatic heterocycles. The Balaban J connectivity index is 2.05. The quantitative estimate of drug-likeness (QED) is 0.449. The molecule has 0 bridgehead atoms. The molecule has 0 unspecified atom stereocenters. The Bertz CT molecular complexity index is 949. The van der Waals surface area contributed by atoms with Gasteiger partial charge in [0.2, 0.25) is 5.52 Å². The van der Waals surface area contributed by atoms with Gasteiger partial charge in [-0.2, -0.15) is 0 Å². The van der Waals surface area contributed by atoms with Gasteiger partial charge in [0.15, 0.2) is 6.20 Å². The standard InChI is InChI=1S/C20H16N/c1-21-14-17(13-16-8-3-5-12-20(16)21)19-11-6-9-15-7-2-4-10-18(15)19/h2-14H,1H3/q+1. The lowest BCUT2D eigenvalue weighted by molar-refractivity contribution is -0.644. The van der Waals surface area contributed by atoms with Crippen molar-refractivity contribution in [2.75, 3.05) is 0 Å². The molecular formula is C20H16N+. The second-order valence-corrected chi connectivity index (χ2v) is 5.43. The zero-order valence-electron chi connectivity index (χ0n) is 12.0. The van der Waals surface area contributed by atoms with Crippen molar-refractivity contribution in [2.45, 2.75) is 0 Å². The van der Waals surface area contributed by atoms with Crippen molar-refractivity contribution in [1.29, 1.82) is 0 Å². The van der Waals surface area contributed by atoms with Gasteiger partial charge in [-0.05, 0) is 28.5 Å². The second-order valence-electron chi connectivity index (χ2n) is 5.43. The third-order valence-electron chi connectivity index (χ3n) is 4.06. The van der Waals surface area contributed by atoms with Gasteiger partial charge in [0.05, 0.1) is 0 Å². The summed E-state index contributed by atoms with van der Waals surface area (Å²) in [4.78, 5) is 0. The molecule has 0 aliphatic rings. The highest BCUT2D eigenvalue weighted by molar-refractivity contribution is 5.97. The van der Waals surface area contributed by atoms with E-state index >= 15 is 0 Å². The van der Waals surface area contributed by atoms with E-state index in [-0.39, 0.29) is 0 Å². The fraction of sp³-hybridized carbons (Fsp3) is 0.0500.